The van der Waals surface area contributed by atoms with Crippen LogP contribution in [0.4, 0.5) is 5.69 Å². The van der Waals surface area contributed by atoms with Crippen LogP contribution < -0.4 is 14.8 Å². The van der Waals surface area contributed by atoms with Crippen molar-refractivity contribution in [3.63, 3.8) is 0 Å². The summed E-state index contributed by atoms with van der Waals surface area (Å²) in [6.45, 7) is 2.59. The van der Waals surface area contributed by atoms with Gasteiger partial charge in [0.05, 0.1) is 25.7 Å². The summed E-state index contributed by atoms with van der Waals surface area (Å²) < 4.78 is 37.6. The van der Waals surface area contributed by atoms with Crippen molar-refractivity contribution in [2.45, 2.75) is 25.5 Å². The molecule has 1 fully saturated rings. The third-order valence-electron chi connectivity index (χ3n) is 5.48. The van der Waals surface area contributed by atoms with Crippen LogP contribution in [-0.2, 0) is 20.6 Å². The Morgan fingerprint density at radius 3 is 2.43 bits per heavy atom. The Morgan fingerprint density at radius 1 is 1.10 bits per heavy atom. The fourth-order valence-electron chi connectivity index (χ4n) is 3.59. The van der Waals surface area contributed by atoms with Gasteiger partial charge in [-0.3, -0.25) is 4.79 Å². The van der Waals surface area contributed by atoms with Crippen molar-refractivity contribution in [3.05, 3.63) is 53.6 Å². The first kappa shape index (κ1) is 22.1. The minimum absolute atomic E-state index is 0.0143. The van der Waals surface area contributed by atoms with Crippen LogP contribution in [0.1, 0.15) is 24.0 Å². The van der Waals surface area contributed by atoms with Crippen LogP contribution in [0.5, 0.6) is 11.5 Å². The van der Waals surface area contributed by atoms with Gasteiger partial charge >= 0.3 is 0 Å². The zero-order valence-electron chi connectivity index (χ0n) is 17.6. The molecule has 0 aliphatic carbocycles. The Balaban J connectivity index is 1.60. The van der Waals surface area contributed by atoms with E-state index in [0.717, 1.165) is 11.1 Å². The molecule has 1 aliphatic rings. The largest absolute Gasteiger partial charge is 0.497 e. The minimum atomic E-state index is -3.42. The zero-order chi connectivity index (χ0) is 21.7. The molecular formula is C22H28N2O5S. The SMILES string of the molecule is COc1ccc(NC(=O)C2CCN(S(=O)(=O)Cc3ccccc3C)CC2)c(OC)c1. The summed E-state index contributed by atoms with van der Waals surface area (Å²) in [4.78, 5) is 12.7. The summed E-state index contributed by atoms with van der Waals surface area (Å²) in [5.41, 5.74) is 2.34. The average Bonchev–Trinajstić information content (AvgIpc) is 2.75. The fraction of sp³-hybridized carbons (Fsp3) is 0.409. The molecule has 0 aromatic heterocycles. The first-order chi connectivity index (χ1) is 14.3. The summed E-state index contributed by atoms with van der Waals surface area (Å²) in [6, 6.07) is 12.7. The molecule has 7 nitrogen and oxygen atoms in total. The van der Waals surface area contributed by atoms with Gasteiger partial charge in [-0.05, 0) is 43.0 Å². The molecule has 162 valence electrons. The molecule has 1 N–H and O–H groups in total. The number of nitrogens with zero attached hydrogens (tertiary/aromatic N) is 1. The van der Waals surface area contributed by atoms with Crippen LogP contribution in [-0.4, -0.2) is 45.9 Å². The summed E-state index contributed by atoms with van der Waals surface area (Å²) in [7, 11) is -0.324. The molecule has 0 radical (unpaired) electrons. The Kier molecular flexibility index (Phi) is 6.99. The van der Waals surface area contributed by atoms with Gasteiger partial charge in [0, 0.05) is 25.1 Å². The van der Waals surface area contributed by atoms with Gasteiger partial charge in [0.25, 0.3) is 0 Å². The third kappa shape index (κ3) is 5.12. The second-order valence-electron chi connectivity index (χ2n) is 7.41. The maximum Gasteiger partial charge on any atom is 0.227 e. The molecule has 1 saturated heterocycles. The molecule has 1 aliphatic heterocycles. The van der Waals surface area contributed by atoms with E-state index in [1.54, 1.807) is 25.3 Å². The number of nitrogens with one attached hydrogen (secondary N) is 1. The predicted octanol–water partition coefficient (Wildman–Crippen LogP) is 3.19. The number of carbonyl (C=O) groups is 1. The molecule has 0 atom stereocenters. The summed E-state index contributed by atoms with van der Waals surface area (Å²) in [6.07, 6.45) is 0.967. The number of piperidine rings is 1. The molecule has 30 heavy (non-hydrogen) atoms. The van der Waals surface area contributed by atoms with Crippen molar-refractivity contribution in [1.82, 2.24) is 4.31 Å². The minimum Gasteiger partial charge on any atom is -0.497 e. The number of ether oxygens (including phenoxy) is 2. The lowest BCUT2D eigenvalue weighted by Gasteiger charge is -2.30. The molecule has 8 heteroatoms. The molecule has 0 spiro atoms. The monoisotopic (exact) mass is 432 g/mol. The van der Waals surface area contributed by atoms with Crippen LogP contribution in [0.3, 0.4) is 0 Å². The number of methoxy groups -OCH3 is 2. The maximum atomic E-state index is 12.8. The molecule has 1 amide bonds. The van der Waals surface area contributed by atoms with E-state index in [1.807, 2.05) is 31.2 Å². The van der Waals surface area contributed by atoms with E-state index in [1.165, 1.54) is 11.4 Å². The highest BCUT2D eigenvalue weighted by molar-refractivity contribution is 7.88. The summed E-state index contributed by atoms with van der Waals surface area (Å²) in [5, 5.41) is 2.90. The number of rotatable bonds is 7. The number of hydrogen-bond acceptors (Lipinski definition) is 5. The van der Waals surface area contributed by atoms with Crippen molar-refractivity contribution < 1.29 is 22.7 Å². The third-order valence-corrected chi connectivity index (χ3v) is 7.31. The van der Waals surface area contributed by atoms with Gasteiger partial charge in [0.15, 0.2) is 0 Å². The van der Waals surface area contributed by atoms with Crippen LogP contribution >= 0.6 is 0 Å². The van der Waals surface area contributed by atoms with Gasteiger partial charge < -0.3 is 14.8 Å². The van der Waals surface area contributed by atoms with Crippen LogP contribution in [0, 0.1) is 12.8 Å². The number of amides is 1. The molecule has 3 rings (SSSR count). The Morgan fingerprint density at radius 2 is 1.80 bits per heavy atom. The number of aryl methyl sites for hydroxylation is 1. The van der Waals surface area contributed by atoms with Gasteiger partial charge in [-0.15, -0.1) is 0 Å². The topological polar surface area (TPSA) is 84.9 Å². The van der Waals surface area contributed by atoms with Gasteiger partial charge in [-0.2, -0.15) is 0 Å². The van der Waals surface area contributed by atoms with Crippen molar-refractivity contribution >= 4 is 21.6 Å². The van der Waals surface area contributed by atoms with E-state index in [-0.39, 0.29) is 17.6 Å². The van der Waals surface area contributed by atoms with E-state index in [4.69, 9.17) is 9.47 Å². The maximum absolute atomic E-state index is 12.8. The quantitative estimate of drug-likeness (QED) is 0.726. The highest BCUT2D eigenvalue weighted by atomic mass is 32.2. The number of sulfonamides is 1. The van der Waals surface area contributed by atoms with E-state index in [9.17, 15) is 13.2 Å². The number of anilines is 1. The first-order valence-electron chi connectivity index (χ1n) is 9.89. The molecule has 0 unspecified atom stereocenters. The van der Waals surface area contributed by atoms with Crippen LogP contribution in [0.25, 0.3) is 0 Å². The molecule has 2 aromatic carbocycles. The van der Waals surface area contributed by atoms with E-state index in [0.29, 0.717) is 43.1 Å². The van der Waals surface area contributed by atoms with E-state index in [2.05, 4.69) is 5.32 Å². The lowest BCUT2D eigenvalue weighted by Crippen LogP contribution is -2.42. The molecule has 0 bridgehead atoms. The highest BCUT2D eigenvalue weighted by Crippen LogP contribution is 2.30. The van der Waals surface area contributed by atoms with Gasteiger partial charge in [0.1, 0.15) is 11.5 Å². The molecule has 2 aromatic rings. The first-order valence-corrected chi connectivity index (χ1v) is 11.5. The molecule has 1 heterocycles. The Labute approximate surface area is 178 Å². The predicted molar refractivity (Wildman–Crippen MR) is 116 cm³/mol. The second-order valence-corrected chi connectivity index (χ2v) is 9.38. The Bertz CT molecular complexity index is 998. The van der Waals surface area contributed by atoms with Crippen molar-refractivity contribution in [3.8, 4) is 11.5 Å². The second kappa shape index (κ2) is 9.49. The summed E-state index contributed by atoms with van der Waals surface area (Å²) in [5.74, 6) is 0.758. The highest BCUT2D eigenvalue weighted by Gasteiger charge is 2.31. The zero-order valence-corrected chi connectivity index (χ0v) is 18.4. The molecule has 0 saturated carbocycles. The number of hydrogen-bond donors (Lipinski definition) is 1. The Hall–Kier alpha value is -2.58. The smallest absolute Gasteiger partial charge is 0.227 e. The van der Waals surface area contributed by atoms with Gasteiger partial charge in [-0.1, -0.05) is 24.3 Å². The van der Waals surface area contributed by atoms with E-state index < -0.39 is 10.0 Å². The lowest BCUT2D eigenvalue weighted by atomic mass is 9.97. The summed E-state index contributed by atoms with van der Waals surface area (Å²) >= 11 is 0. The standard InChI is InChI=1S/C22H28N2O5S/c1-16-6-4-5-7-18(16)15-30(26,27)24-12-10-17(11-13-24)22(25)23-20-9-8-19(28-2)14-21(20)29-3/h4-9,14,17H,10-13,15H2,1-3H3,(H,23,25). The number of carbonyl (C=O) groups excluding carboxylic acids is 1. The molecular weight excluding hydrogens is 404 g/mol. The normalized spacial score (nSPS) is 15.6. The fourth-order valence-corrected chi connectivity index (χ4v) is 5.26. The lowest BCUT2D eigenvalue weighted by molar-refractivity contribution is -0.120. The average molecular weight is 433 g/mol. The van der Waals surface area contributed by atoms with Crippen molar-refractivity contribution in [2.75, 3.05) is 32.6 Å². The van der Waals surface area contributed by atoms with Gasteiger partial charge in [-0.25, -0.2) is 12.7 Å². The van der Waals surface area contributed by atoms with Crippen molar-refractivity contribution in [1.29, 1.82) is 0 Å². The van der Waals surface area contributed by atoms with Crippen LogP contribution in [0.2, 0.25) is 0 Å². The van der Waals surface area contributed by atoms with Crippen LogP contribution in [0.15, 0.2) is 42.5 Å². The van der Waals surface area contributed by atoms with Gasteiger partial charge in [0.2, 0.25) is 15.9 Å². The van der Waals surface area contributed by atoms with E-state index >= 15 is 0 Å². The van der Waals surface area contributed by atoms with Crippen molar-refractivity contribution in [2.24, 2.45) is 5.92 Å². The number of benzene rings is 2.